The van der Waals surface area contributed by atoms with Crippen LogP contribution in [0.4, 0.5) is 10.5 Å². The third-order valence-electron chi connectivity index (χ3n) is 3.72. The number of amides is 3. The molecule has 8 heteroatoms. The Morgan fingerprint density at radius 2 is 1.79 bits per heavy atom. The molecule has 24 heavy (non-hydrogen) atoms. The molecule has 0 aromatic heterocycles. The number of aryl methyl sites for hydroxylation is 1. The molecule has 1 heterocycles. The summed E-state index contributed by atoms with van der Waals surface area (Å²) in [7, 11) is 0. The molecule has 1 fully saturated rings. The van der Waals surface area contributed by atoms with Crippen LogP contribution in [-0.4, -0.2) is 60.5 Å². The smallest absolute Gasteiger partial charge is 0.409 e. The number of nitrogens with one attached hydrogen (secondary N) is 1. The van der Waals surface area contributed by atoms with Crippen LogP contribution in [0.25, 0.3) is 0 Å². The molecule has 0 unspecified atom stereocenters. The summed E-state index contributed by atoms with van der Waals surface area (Å²) >= 11 is 2.19. The highest BCUT2D eigenvalue weighted by Crippen LogP contribution is 2.18. The van der Waals surface area contributed by atoms with Gasteiger partial charge in [-0.2, -0.15) is 0 Å². The second kappa shape index (κ2) is 8.32. The Kier molecular flexibility index (Phi) is 6.41. The summed E-state index contributed by atoms with van der Waals surface area (Å²) in [5.41, 5.74) is 1.52. The van der Waals surface area contributed by atoms with Gasteiger partial charge in [-0.05, 0) is 60.2 Å². The SMILES string of the molecule is CCOC(=O)N1CCN(C(=O)C(=O)Nc2ccc(I)cc2C)CC1. The van der Waals surface area contributed by atoms with Gasteiger partial charge in [-0.15, -0.1) is 0 Å². The van der Waals surface area contributed by atoms with Crippen molar-refractivity contribution in [3.8, 4) is 0 Å². The molecule has 2 rings (SSSR count). The monoisotopic (exact) mass is 445 g/mol. The largest absolute Gasteiger partial charge is 0.450 e. The second-order valence-corrected chi connectivity index (χ2v) is 6.64. The maximum absolute atomic E-state index is 12.3. The number of rotatable bonds is 2. The molecular formula is C16H20IN3O4. The first-order valence-electron chi connectivity index (χ1n) is 7.70. The zero-order valence-corrected chi connectivity index (χ0v) is 15.8. The van der Waals surface area contributed by atoms with Gasteiger partial charge in [0.05, 0.1) is 6.61 Å². The Morgan fingerprint density at radius 1 is 1.17 bits per heavy atom. The minimum atomic E-state index is -0.663. The lowest BCUT2D eigenvalue weighted by atomic mass is 10.2. The van der Waals surface area contributed by atoms with E-state index in [0.29, 0.717) is 38.5 Å². The average Bonchev–Trinajstić information content (AvgIpc) is 2.57. The number of anilines is 1. The van der Waals surface area contributed by atoms with E-state index in [4.69, 9.17) is 4.74 Å². The number of hydrogen-bond acceptors (Lipinski definition) is 4. The molecule has 1 aromatic rings. The minimum Gasteiger partial charge on any atom is -0.450 e. The lowest BCUT2D eigenvalue weighted by molar-refractivity contribution is -0.144. The number of carbonyl (C=O) groups excluding carboxylic acids is 3. The van der Waals surface area contributed by atoms with Crippen molar-refractivity contribution in [3.63, 3.8) is 0 Å². The van der Waals surface area contributed by atoms with Crippen molar-refractivity contribution in [2.45, 2.75) is 13.8 Å². The summed E-state index contributed by atoms with van der Waals surface area (Å²) in [6.45, 7) is 5.29. The number of benzene rings is 1. The highest BCUT2D eigenvalue weighted by molar-refractivity contribution is 14.1. The van der Waals surface area contributed by atoms with Crippen LogP contribution in [0.3, 0.4) is 0 Å². The summed E-state index contributed by atoms with van der Waals surface area (Å²) in [5.74, 6) is -1.25. The molecule has 7 nitrogen and oxygen atoms in total. The van der Waals surface area contributed by atoms with Crippen molar-refractivity contribution in [1.82, 2.24) is 9.80 Å². The van der Waals surface area contributed by atoms with E-state index in [0.717, 1.165) is 9.13 Å². The van der Waals surface area contributed by atoms with Gasteiger partial charge in [0, 0.05) is 35.4 Å². The van der Waals surface area contributed by atoms with Crippen molar-refractivity contribution >= 4 is 46.2 Å². The van der Waals surface area contributed by atoms with Gasteiger partial charge < -0.3 is 19.9 Å². The van der Waals surface area contributed by atoms with Crippen LogP contribution in [0.5, 0.6) is 0 Å². The van der Waals surface area contributed by atoms with Crippen LogP contribution in [0, 0.1) is 10.5 Å². The van der Waals surface area contributed by atoms with Gasteiger partial charge in [-0.1, -0.05) is 0 Å². The van der Waals surface area contributed by atoms with E-state index in [-0.39, 0.29) is 6.09 Å². The predicted octanol–water partition coefficient (Wildman–Crippen LogP) is 1.84. The van der Waals surface area contributed by atoms with Gasteiger partial charge in [0.1, 0.15) is 0 Å². The quantitative estimate of drug-likeness (QED) is 0.557. The molecule has 130 valence electrons. The van der Waals surface area contributed by atoms with Gasteiger partial charge >= 0.3 is 17.9 Å². The van der Waals surface area contributed by atoms with Crippen molar-refractivity contribution in [2.24, 2.45) is 0 Å². The van der Waals surface area contributed by atoms with E-state index in [9.17, 15) is 14.4 Å². The molecule has 0 bridgehead atoms. The third-order valence-corrected chi connectivity index (χ3v) is 4.39. The van der Waals surface area contributed by atoms with Crippen molar-refractivity contribution in [2.75, 3.05) is 38.1 Å². The first kappa shape index (κ1) is 18.5. The van der Waals surface area contributed by atoms with Gasteiger partial charge in [0.15, 0.2) is 0 Å². The van der Waals surface area contributed by atoms with Gasteiger partial charge in [-0.25, -0.2) is 4.79 Å². The number of ether oxygens (including phenoxy) is 1. The molecule has 0 spiro atoms. The summed E-state index contributed by atoms with van der Waals surface area (Å²) in [4.78, 5) is 39.0. The summed E-state index contributed by atoms with van der Waals surface area (Å²) in [5, 5.41) is 2.65. The molecule has 3 amide bonds. The molecule has 1 N–H and O–H groups in total. The van der Waals surface area contributed by atoms with E-state index < -0.39 is 11.8 Å². The molecule has 0 saturated carbocycles. The summed E-state index contributed by atoms with van der Waals surface area (Å²) < 4.78 is 5.99. The van der Waals surface area contributed by atoms with E-state index in [1.54, 1.807) is 13.0 Å². The second-order valence-electron chi connectivity index (χ2n) is 5.39. The molecule has 0 radical (unpaired) electrons. The van der Waals surface area contributed by atoms with Crippen LogP contribution in [0.1, 0.15) is 12.5 Å². The highest BCUT2D eigenvalue weighted by atomic mass is 127. The fourth-order valence-corrected chi connectivity index (χ4v) is 3.04. The van der Waals surface area contributed by atoms with Crippen molar-refractivity contribution in [1.29, 1.82) is 0 Å². The lowest BCUT2D eigenvalue weighted by Crippen LogP contribution is -2.53. The first-order chi connectivity index (χ1) is 11.4. The Hall–Kier alpha value is -1.84. The third kappa shape index (κ3) is 4.59. The van der Waals surface area contributed by atoms with Gasteiger partial charge in [0.2, 0.25) is 0 Å². The Bertz CT molecular complexity index is 642. The van der Waals surface area contributed by atoms with Crippen molar-refractivity contribution < 1.29 is 19.1 Å². The van der Waals surface area contributed by atoms with E-state index in [2.05, 4.69) is 27.9 Å². The summed E-state index contributed by atoms with van der Waals surface area (Å²) in [6, 6.07) is 5.57. The number of carbonyl (C=O) groups is 3. The maximum Gasteiger partial charge on any atom is 0.409 e. The van der Waals surface area contributed by atoms with Crippen molar-refractivity contribution in [3.05, 3.63) is 27.3 Å². The predicted molar refractivity (Wildman–Crippen MR) is 97.7 cm³/mol. The van der Waals surface area contributed by atoms with Gasteiger partial charge in [0.25, 0.3) is 0 Å². The molecule has 1 aromatic carbocycles. The minimum absolute atomic E-state index is 0.315. The fraction of sp³-hybridized carbons (Fsp3) is 0.438. The standard InChI is InChI=1S/C16H20IN3O4/c1-3-24-16(23)20-8-6-19(7-9-20)15(22)14(21)18-13-5-4-12(17)10-11(13)2/h4-5,10H,3,6-9H2,1-2H3,(H,18,21). The van der Waals surface area contributed by atoms with Crippen LogP contribution in [-0.2, 0) is 14.3 Å². The first-order valence-corrected chi connectivity index (χ1v) is 8.78. The molecule has 1 saturated heterocycles. The molecular weight excluding hydrogens is 425 g/mol. The van der Waals surface area contributed by atoms with Gasteiger partial charge in [-0.3, -0.25) is 9.59 Å². The van der Waals surface area contributed by atoms with E-state index in [1.165, 1.54) is 9.80 Å². The number of piperazine rings is 1. The average molecular weight is 445 g/mol. The maximum atomic E-state index is 12.3. The molecule has 1 aliphatic heterocycles. The summed E-state index contributed by atoms with van der Waals surface area (Å²) in [6.07, 6.45) is -0.386. The van der Waals surface area contributed by atoms with Crippen LogP contribution >= 0.6 is 22.6 Å². The van der Waals surface area contributed by atoms with Crippen LogP contribution in [0.2, 0.25) is 0 Å². The van der Waals surface area contributed by atoms with E-state index in [1.807, 2.05) is 19.1 Å². The number of hydrogen-bond donors (Lipinski definition) is 1. The highest BCUT2D eigenvalue weighted by Gasteiger charge is 2.28. The fourth-order valence-electron chi connectivity index (χ4n) is 2.39. The topological polar surface area (TPSA) is 79.0 Å². The number of nitrogens with zero attached hydrogens (tertiary/aromatic N) is 2. The Balaban J connectivity index is 1.90. The Morgan fingerprint density at radius 3 is 2.38 bits per heavy atom. The zero-order chi connectivity index (χ0) is 17.7. The molecule has 0 aliphatic carbocycles. The van der Waals surface area contributed by atoms with Crippen LogP contribution in [0.15, 0.2) is 18.2 Å². The zero-order valence-electron chi connectivity index (χ0n) is 13.7. The van der Waals surface area contributed by atoms with E-state index >= 15 is 0 Å². The molecule has 0 atom stereocenters. The lowest BCUT2D eigenvalue weighted by Gasteiger charge is -2.33. The molecule has 1 aliphatic rings. The number of halogens is 1. The Labute approximate surface area is 154 Å². The normalized spacial score (nSPS) is 14.3. The van der Waals surface area contributed by atoms with Crippen LogP contribution < -0.4 is 5.32 Å².